The lowest BCUT2D eigenvalue weighted by Gasteiger charge is -2.19. The average Bonchev–Trinajstić information content (AvgIpc) is 2.49. The minimum absolute atomic E-state index is 0.157. The average molecular weight is 294 g/mol. The molecule has 1 aromatic carbocycles. The number of methoxy groups -OCH3 is 2. The van der Waals surface area contributed by atoms with E-state index in [4.69, 9.17) is 14.2 Å². The first kappa shape index (κ1) is 17.3. The van der Waals surface area contributed by atoms with E-state index in [9.17, 15) is 4.79 Å². The molecule has 0 spiro atoms. The van der Waals surface area contributed by atoms with Gasteiger partial charge in [0.2, 0.25) is 5.75 Å². The molecule has 1 aromatic rings. The normalized spacial score (nSPS) is 11.9. The summed E-state index contributed by atoms with van der Waals surface area (Å²) in [7, 11) is 3.15. The van der Waals surface area contributed by atoms with Gasteiger partial charge in [0, 0.05) is 0 Å². The first-order valence-corrected chi connectivity index (χ1v) is 7.46. The Hall–Kier alpha value is -1.71. The summed E-state index contributed by atoms with van der Waals surface area (Å²) >= 11 is 0. The van der Waals surface area contributed by atoms with Crippen LogP contribution in [-0.4, -0.2) is 20.2 Å². The molecule has 4 nitrogen and oxygen atoms in total. The molecular formula is C17H26O4. The van der Waals surface area contributed by atoms with E-state index in [-0.39, 0.29) is 11.9 Å². The first-order valence-electron chi connectivity index (χ1n) is 7.46. The van der Waals surface area contributed by atoms with Gasteiger partial charge >= 0.3 is 5.97 Å². The number of benzene rings is 1. The zero-order valence-electron chi connectivity index (χ0n) is 13.9. The van der Waals surface area contributed by atoms with Crippen molar-refractivity contribution in [1.82, 2.24) is 0 Å². The van der Waals surface area contributed by atoms with Gasteiger partial charge in [-0.25, -0.2) is 0 Å². The molecule has 0 fully saturated rings. The fraction of sp³-hybridized carbons (Fsp3) is 0.588. The van der Waals surface area contributed by atoms with E-state index in [2.05, 4.69) is 6.92 Å². The summed E-state index contributed by atoms with van der Waals surface area (Å²) < 4.78 is 16.4. The number of hydrogen-bond acceptors (Lipinski definition) is 4. The summed E-state index contributed by atoms with van der Waals surface area (Å²) in [6.45, 7) is 7.90. The van der Waals surface area contributed by atoms with Crippen LogP contribution in [0.5, 0.6) is 17.2 Å². The fourth-order valence-electron chi connectivity index (χ4n) is 2.15. The monoisotopic (exact) mass is 294 g/mol. The van der Waals surface area contributed by atoms with Crippen LogP contribution in [0.4, 0.5) is 0 Å². The standard InChI is InChI=1S/C17H26O4/c1-7-9-13-10-14(19-5)16(15(20-6)12(13)4)21-17(18)11(3)8-2/h10-11H,7-9H2,1-6H3. The predicted octanol–water partition coefficient (Wildman–Crippen LogP) is 3.92. The molecule has 4 heteroatoms. The Labute approximate surface area is 127 Å². The molecule has 1 atom stereocenters. The molecule has 0 radical (unpaired) electrons. The quantitative estimate of drug-likeness (QED) is 0.565. The molecule has 0 amide bonds. The van der Waals surface area contributed by atoms with Crippen molar-refractivity contribution in [3.8, 4) is 17.2 Å². The molecule has 0 aliphatic carbocycles. The molecule has 0 saturated heterocycles. The van der Waals surface area contributed by atoms with E-state index in [0.717, 1.165) is 30.4 Å². The maximum atomic E-state index is 12.1. The van der Waals surface area contributed by atoms with E-state index in [1.807, 2.05) is 26.8 Å². The molecular weight excluding hydrogens is 268 g/mol. The minimum atomic E-state index is -0.267. The van der Waals surface area contributed by atoms with Crippen molar-refractivity contribution < 1.29 is 19.0 Å². The zero-order chi connectivity index (χ0) is 16.0. The lowest BCUT2D eigenvalue weighted by atomic mass is 10.0. The van der Waals surface area contributed by atoms with Crippen molar-refractivity contribution in [3.63, 3.8) is 0 Å². The molecule has 0 aliphatic heterocycles. The highest BCUT2D eigenvalue weighted by molar-refractivity contribution is 5.77. The summed E-state index contributed by atoms with van der Waals surface area (Å²) in [6, 6.07) is 1.93. The van der Waals surface area contributed by atoms with Crippen LogP contribution in [0.25, 0.3) is 0 Å². The number of hydrogen-bond donors (Lipinski definition) is 0. The molecule has 0 bridgehead atoms. The second-order valence-electron chi connectivity index (χ2n) is 5.21. The highest BCUT2D eigenvalue weighted by Crippen LogP contribution is 2.42. The Kier molecular flexibility index (Phi) is 6.53. The lowest BCUT2D eigenvalue weighted by molar-refractivity contribution is -0.138. The maximum absolute atomic E-state index is 12.1. The smallest absolute Gasteiger partial charge is 0.314 e. The Morgan fingerprint density at radius 1 is 1.19 bits per heavy atom. The second-order valence-corrected chi connectivity index (χ2v) is 5.21. The molecule has 0 N–H and O–H groups in total. The van der Waals surface area contributed by atoms with Gasteiger partial charge < -0.3 is 14.2 Å². The summed E-state index contributed by atoms with van der Waals surface area (Å²) in [6.07, 6.45) is 2.69. The Morgan fingerprint density at radius 2 is 1.86 bits per heavy atom. The first-order chi connectivity index (χ1) is 9.99. The summed E-state index contributed by atoms with van der Waals surface area (Å²) in [4.78, 5) is 12.1. The van der Waals surface area contributed by atoms with E-state index in [1.54, 1.807) is 14.2 Å². The number of esters is 1. The Balaban J connectivity index is 3.29. The SMILES string of the molecule is CCCc1cc(OC)c(OC(=O)C(C)CC)c(OC)c1C. The van der Waals surface area contributed by atoms with Crippen molar-refractivity contribution in [3.05, 3.63) is 17.2 Å². The zero-order valence-corrected chi connectivity index (χ0v) is 13.9. The van der Waals surface area contributed by atoms with Gasteiger partial charge in [0.05, 0.1) is 20.1 Å². The highest BCUT2D eigenvalue weighted by Gasteiger charge is 2.22. The van der Waals surface area contributed by atoms with Crippen LogP contribution < -0.4 is 14.2 Å². The van der Waals surface area contributed by atoms with Crippen molar-refractivity contribution in [2.24, 2.45) is 5.92 Å². The van der Waals surface area contributed by atoms with Gasteiger partial charge in [0.1, 0.15) is 0 Å². The van der Waals surface area contributed by atoms with Gasteiger partial charge in [-0.15, -0.1) is 0 Å². The van der Waals surface area contributed by atoms with Crippen LogP contribution in [-0.2, 0) is 11.2 Å². The summed E-state index contributed by atoms with van der Waals surface area (Å²) in [5.74, 6) is 1.07. The van der Waals surface area contributed by atoms with Gasteiger partial charge in [0.15, 0.2) is 11.5 Å². The van der Waals surface area contributed by atoms with Crippen molar-refractivity contribution in [1.29, 1.82) is 0 Å². The largest absolute Gasteiger partial charge is 0.493 e. The van der Waals surface area contributed by atoms with Gasteiger partial charge in [-0.3, -0.25) is 4.79 Å². The topological polar surface area (TPSA) is 44.8 Å². The molecule has 1 rings (SSSR count). The van der Waals surface area contributed by atoms with Crippen LogP contribution >= 0.6 is 0 Å². The maximum Gasteiger partial charge on any atom is 0.314 e. The van der Waals surface area contributed by atoms with E-state index in [1.165, 1.54) is 0 Å². The third-order valence-corrected chi connectivity index (χ3v) is 3.72. The molecule has 1 unspecified atom stereocenters. The van der Waals surface area contributed by atoms with Crippen LogP contribution in [0.1, 0.15) is 44.7 Å². The van der Waals surface area contributed by atoms with E-state index in [0.29, 0.717) is 17.2 Å². The van der Waals surface area contributed by atoms with Gasteiger partial charge in [-0.1, -0.05) is 27.2 Å². The predicted molar refractivity (Wildman–Crippen MR) is 83.4 cm³/mol. The van der Waals surface area contributed by atoms with Crippen LogP contribution in [0, 0.1) is 12.8 Å². The van der Waals surface area contributed by atoms with Crippen molar-refractivity contribution >= 4 is 5.97 Å². The van der Waals surface area contributed by atoms with E-state index >= 15 is 0 Å². The summed E-state index contributed by atoms with van der Waals surface area (Å²) in [5.41, 5.74) is 2.14. The third kappa shape index (κ3) is 3.90. The van der Waals surface area contributed by atoms with Gasteiger partial charge in [0.25, 0.3) is 0 Å². The highest BCUT2D eigenvalue weighted by atomic mass is 16.6. The second kappa shape index (κ2) is 7.91. The molecule has 0 aliphatic rings. The van der Waals surface area contributed by atoms with Gasteiger partial charge in [-0.05, 0) is 37.0 Å². The molecule has 0 heterocycles. The number of carbonyl (C=O) groups excluding carboxylic acids is 1. The van der Waals surface area contributed by atoms with Crippen molar-refractivity contribution in [2.75, 3.05) is 14.2 Å². The third-order valence-electron chi connectivity index (χ3n) is 3.72. The lowest BCUT2D eigenvalue weighted by Crippen LogP contribution is -2.18. The number of carbonyl (C=O) groups is 1. The number of rotatable bonds is 7. The summed E-state index contributed by atoms with van der Waals surface area (Å²) in [5, 5.41) is 0. The van der Waals surface area contributed by atoms with Crippen LogP contribution in [0.2, 0.25) is 0 Å². The Morgan fingerprint density at radius 3 is 2.33 bits per heavy atom. The van der Waals surface area contributed by atoms with Crippen molar-refractivity contribution in [2.45, 2.75) is 47.0 Å². The van der Waals surface area contributed by atoms with Crippen LogP contribution in [0.15, 0.2) is 6.07 Å². The Bertz CT molecular complexity index is 494. The van der Waals surface area contributed by atoms with Crippen LogP contribution in [0.3, 0.4) is 0 Å². The van der Waals surface area contributed by atoms with E-state index < -0.39 is 0 Å². The molecule has 21 heavy (non-hydrogen) atoms. The fourth-order valence-corrected chi connectivity index (χ4v) is 2.15. The molecule has 0 saturated carbocycles. The minimum Gasteiger partial charge on any atom is -0.493 e. The molecule has 0 aromatic heterocycles. The number of ether oxygens (including phenoxy) is 3. The molecule has 118 valence electrons. The number of aryl methyl sites for hydroxylation is 1. The van der Waals surface area contributed by atoms with Gasteiger partial charge in [-0.2, -0.15) is 0 Å².